The van der Waals surface area contributed by atoms with E-state index in [9.17, 15) is 9.59 Å². The van der Waals surface area contributed by atoms with Crippen LogP contribution in [0.15, 0.2) is 6.20 Å². The molecule has 2 aliphatic rings. The summed E-state index contributed by atoms with van der Waals surface area (Å²) in [6.45, 7) is 5.10. The molecule has 1 saturated heterocycles. The quantitative estimate of drug-likeness (QED) is 0.926. The molecule has 1 saturated carbocycles. The van der Waals surface area contributed by atoms with Crippen molar-refractivity contribution >= 4 is 17.6 Å². The van der Waals surface area contributed by atoms with E-state index in [2.05, 4.69) is 10.4 Å². The van der Waals surface area contributed by atoms with Gasteiger partial charge in [-0.2, -0.15) is 5.10 Å². The zero-order valence-corrected chi connectivity index (χ0v) is 13.3. The fraction of sp³-hybridized carbons (Fsp3) is 0.688. The first-order valence-corrected chi connectivity index (χ1v) is 8.23. The van der Waals surface area contributed by atoms with E-state index in [1.807, 2.05) is 24.7 Å². The number of nitrogens with zero attached hydrogens (tertiary/aromatic N) is 3. The third-order valence-corrected chi connectivity index (χ3v) is 4.86. The average Bonchev–Trinajstić information content (AvgIpc) is 3.20. The lowest BCUT2D eigenvalue weighted by molar-refractivity contribution is -0.128. The first-order chi connectivity index (χ1) is 10.6. The molecule has 1 unspecified atom stereocenters. The molecule has 120 valence electrons. The summed E-state index contributed by atoms with van der Waals surface area (Å²) in [5.74, 6) is 0.564. The molecule has 1 atom stereocenters. The summed E-state index contributed by atoms with van der Waals surface area (Å²) in [6, 6.07) is 0.390. The molecule has 2 fully saturated rings. The number of hydrogen-bond donors (Lipinski definition) is 1. The molecule has 1 aliphatic heterocycles. The van der Waals surface area contributed by atoms with Crippen LogP contribution < -0.4 is 5.32 Å². The zero-order valence-electron chi connectivity index (χ0n) is 13.3. The Morgan fingerprint density at radius 1 is 1.41 bits per heavy atom. The van der Waals surface area contributed by atoms with Crippen molar-refractivity contribution in [1.82, 2.24) is 14.7 Å². The summed E-state index contributed by atoms with van der Waals surface area (Å²) in [4.78, 5) is 26.0. The van der Waals surface area contributed by atoms with Crippen LogP contribution in [0.25, 0.3) is 0 Å². The topological polar surface area (TPSA) is 67.2 Å². The SMILES string of the molecule is CCN1CC(C(=O)Nc2c(C)cnn2C2CCCC2)CC1=O. The first kappa shape index (κ1) is 15.1. The van der Waals surface area contributed by atoms with Crippen LogP contribution in [0.4, 0.5) is 5.82 Å². The molecule has 2 heterocycles. The van der Waals surface area contributed by atoms with Crippen LogP contribution in [-0.4, -0.2) is 39.6 Å². The number of rotatable bonds is 4. The Morgan fingerprint density at radius 3 is 2.77 bits per heavy atom. The van der Waals surface area contributed by atoms with Crippen LogP contribution >= 0.6 is 0 Å². The zero-order chi connectivity index (χ0) is 15.7. The van der Waals surface area contributed by atoms with Gasteiger partial charge in [-0.25, -0.2) is 4.68 Å². The number of anilines is 1. The van der Waals surface area contributed by atoms with E-state index in [1.165, 1.54) is 12.8 Å². The monoisotopic (exact) mass is 304 g/mol. The van der Waals surface area contributed by atoms with Gasteiger partial charge in [-0.15, -0.1) is 0 Å². The Morgan fingerprint density at radius 2 is 2.14 bits per heavy atom. The van der Waals surface area contributed by atoms with Crippen LogP contribution in [0, 0.1) is 12.8 Å². The predicted octanol–water partition coefficient (Wildman–Crippen LogP) is 2.11. The maximum absolute atomic E-state index is 12.5. The lowest BCUT2D eigenvalue weighted by Crippen LogP contribution is -2.29. The molecule has 0 spiro atoms. The van der Waals surface area contributed by atoms with Gasteiger partial charge in [-0.05, 0) is 26.7 Å². The van der Waals surface area contributed by atoms with Crippen molar-refractivity contribution < 1.29 is 9.59 Å². The van der Waals surface area contributed by atoms with Gasteiger partial charge in [0.15, 0.2) is 0 Å². The Labute approximate surface area is 130 Å². The number of carbonyl (C=O) groups excluding carboxylic acids is 2. The summed E-state index contributed by atoms with van der Waals surface area (Å²) in [6.07, 6.45) is 6.81. The predicted molar refractivity (Wildman–Crippen MR) is 83.5 cm³/mol. The van der Waals surface area contributed by atoms with Crippen LogP contribution in [0.1, 0.15) is 50.6 Å². The van der Waals surface area contributed by atoms with Gasteiger partial charge < -0.3 is 10.2 Å². The van der Waals surface area contributed by atoms with Crippen LogP contribution in [-0.2, 0) is 9.59 Å². The lowest BCUT2D eigenvalue weighted by atomic mass is 10.1. The maximum Gasteiger partial charge on any atom is 0.230 e. The number of amides is 2. The molecule has 0 radical (unpaired) electrons. The number of aryl methyl sites for hydroxylation is 1. The van der Waals surface area contributed by atoms with Gasteiger partial charge in [-0.3, -0.25) is 9.59 Å². The standard InChI is InChI=1S/C16H24N4O2/c1-3-19-10-12(8-14(19)21)16(22)18-15-11(2)9-17-20(15)13-6-4-5-7-13/h9,12-13H,3-8,10H2,1-2H3,(H,18,22). The molecule has 0 aromatic carbocycles. The minimum Gasteiger partial charge on any atom is -0.342 e. The highest BCUT2D eigenvalue weighted by atomic mass is 16.2. The second-order valence-corrected chi connectivity index (χ2v) is 6.38. The molecule has 0 bridgehead atoms. The normalized spacial score (nSPS) is 22.5. The van der Waals surface area contributed by atoms with E-state index >= 15 is 0 Å². The Kier molecular flexibility index (Phi) is 4.18. The van der Waals surface area contributed by atoms with Crippen molar-refractivity contribution in [3.05, 3.63) is 11.8 Å². The third kappa shape index (κ3) is 2.74. The van der Waals surface area contributed by atoms with Gasteiger partial charge in [0.25, 0.3) is 0 Å². The van der Waals surface area contributed by atoms with Crippen LogP contribution in [0.2, 0.25) is 0 Å². The molecular weight excluding hydrogens is 280 g/mol. The van der Waals surface area contributed by atoms with E-state index in [1.54, 1.807) is 4.90 Å². The highest BCUT2D eigenvalue weighted by Gasteiger charge is 2.34. The highest BCUT2D eigenvalue weighted by Crippen LogP contribution is 2.33. The van der Waals surface area contributed by atoms with Gasteiger partial charge in [0, 0.05) is 25.1 Å². The fourth-order valence-corrected chi connectivity index (χ4v) is 3.50. The van der Waals surface area contributed by atoms with Gasteiger partial charge in [-0.1, -0.05) is 12.8 Å². The van der Waals surface area contributed by atoms with E-state index in [0.29, 0.717) is 25.6 Å². The number of nitrogens with one attached hydrogen (secondary N) is 1. The fourth-order valence-electron chi connectivity index (χ4n) is 3.50. The molecule has 3 rings (SSSR count). The molecule has 6 nitrogen and oxygen atoms in total. The van der Waals surface area contributed by atoms with Gasteiger partial charge >= 0.3 is 0 Å². The molecular formula is C16H24N4O2. The third-order valence-electron chi connectivity index (χ3n) is 4.86. The van der Waals surface area contributed by atoms with Gasteiger partial charge in [0.1, 0.15) is 5.82 Å². The van der Waals surface area contributed by atoms with E-state index < -0.39 is 0 Å². The minimum absolute atomic E-state index is 0.0628. The first-order valence-electron chi connectivity index (χ1n) is 8.23. The van der Waals surface area contributed by atoms with E-state index in [4.69, 9.17) is 0 Å². The van der Waals surface area contributed by atoms with Crippen LogP contribution in [0.3, 0.4) is 0 Å². The molecule has 1 aromatic heterocycles. The van der Waals surface area contributed by atoms with Crippen molar-refractivity contribution in [2.75, 3.05) is 18.4 Å². The number of carbonyl (C=O) groups is 2. The van der Waals surface area contributed by atoms with E-state index in [0.717, 1.165) is 24.2 Å². The smallest absolute Gasteiger partial charge is 0.230 e. The molecule has 1 aromatic rings. The Balaban J connectivity index is 1.72. The average molecular weight is 304 g/mol. The lowest BCUT2D eigenvalue weighted by Gasteiger charge is -2.17. The molecule has 2 amide bonds. The van der Waals surface area contributed by atoms with Crippen molar-refractivity contribution in [3.63, 3.8) is 0 Å². The summed E-state index contributed by atoms with van der Waals surface area (Å²) in [5, 5.41) is 7.47. The number of aromatic nitrogens is 2. The minimum atomic E-state index is -0.251. The van der Waals surface area contributed by atoms with Crippen molar-refractivity contribution in [2.45, 2.75) is 52.0 Å². The highest BCUT2D eigenvalue weighted by molar-refractivity contribution is 5.97. The molecule has 22 heavy (non-hydrogen) atoms. The summed E-state index contributed by atoms with van der Waals surface area (Å²) in [7, 11) is 0. The second-order valence-electron chi connectivity index (χ2n) is 6.38. The maximum atomic E-state index is 12.5. The largest absolute Gasteiger partial charge is 0.342 e. The van der Waals surface area contributed by atoms with Crippen molar-refractivity contribution in [1.29, 1.82) is 0 Å². The summed E-state index contributed by atoms with van der Waals surface area (Å²) >= 11 is 0. The number of likely N-dealkylation sites (tertiary alicyclic amines) is 1. The van der Waals surface area contributed by atoms with E-state index in [-0.39, 0.29) is 17.7 Å². The number of hydrogen-bond acceptors (Lipinski definition) is 3. The molecule has 6 heteroatoms. The van der Waals surface area contributed by atoms with Crippen molar-refractivity contribution in [2.24, 2.45) is 5.92 Å². The molecule has 1 N–H and O–H groups in total. The summed E-state index contributed by atoms with van der Waals surface area (Å²) in [5.41, 5.74) is 0.983. The Bertz CT molecular complexity index is 575. The van der Waals surface area contributed by atoms with Gasteiger partial charge in [0.05, 0.1) is 18.2 Å². The van der Waals surface area contributed by atoms with Crippen LogP contribution in [0.5, 0.6) is 0 Å². The van der Waals surface area contributed by atoms with Crippen molar-refractivity contribution in [3.8, 4) is 0 Å². The second kappa shape index (κ2) is 6.10. The van der Waals surface area contributed by atoms with Gasteiger partial charge in [0.2, 0.25) is 11.8 Å². The summed E-state index contributed by atoms with van der Waals surface area (Å²) < 4.78 is 1.97. The Hall–Kier alpha value is -1.85. The molecule has 1 aliphatic carbocycles.